The summed E-state index contributed by atoms with van der Waals surface area (Å²) in [5.74, 6) is 0.0467. The average molecular weight is 427 g/mol. The van der Waals surface area contributed by atoms with Gasteiger partial charge >= 0.3 is 0 Å². The molecule has 2 aromatic heterocycles. The summed E-state index contributed by atoms with van der Waals surface area (Å²) < 4.78 is 6.47. The molecule has 30 heavy (non-hydrogen) atoms. The van der Waals surface area contributed by atoms with Gasteiger partial charge in [-0.25, -0.2) is 5.01 Å². The van der Waals surface area contributed by atoms with Gasteiger partial charge in [-0.2, -0.15) is 5.10 Å². The van der Waals surface area contributed by atoms with E-state index in [-0.39, 0.29) is 5.69 Å². The summed E-state index contributed by atoms with van der Waals surface area (Å²) in [6, 6.07) is 12.2. The topological polar surface area (TPSA) is 111 Å². The van der Waals surface area contributed by atoms with E-state index in [9.17, 15) is 19.7 Å². The molecule has 0 spiro atoms. The Balaban J connectivity index is 1.66. The summed E-state index contributed by atoms with van der Waals surface area (Å²) in [6.07, 6.45) is 2.95. The van der Waals surface area contributed by atoms with Gasteiger partial charge in [0.1, 0.15) is 18.3 Å². The van der Waals surface area contributed by atoms with Crippen LogP contribution in [0.5, 0.6) is 0 Å². The summed E-state index contributed by atoms with van der Waals surface area (Å²) in [5.41, 5.74) is 0.660. The summed E-state index contributed by atoms with van der Waals surface area (Å²) in [4.78, 5) is 35.4. The van der Waals surface area contributed by atoms with Crippen LogP contribution < -0.4 is 5.56 Å². The smallest absolute Gasteiger partial charge is 0.285 e. The number of hydrazone groups is 1. The van der Waals surface area contributed by atoms with Crippen LogP contribution in [0.25, 0.3) is 0 Å². The zero-order chi connectivity index (χ0) is 21.3. The van der Waals surface area contributed by atoms with Crippen molar-refractivity contribution in [3.8, 4) is 0 Å². The second kappa shape index (κ2) is 7.96. The number of halogens is 1. The van der Waals surface area contributed by atoms with Crippen molar-refractivity contribution in [2.75, 3.05) is 0 Å². The van der Waals surface area contributed by atoms with Crippen LogP contribution in [0.15, 0.2) is 75.3 Å². The predicted molar refractivity (Wildman–Crippen MR) is 108 cm³/mol. The highest BCUT2D eigenvalue weighted by molar-refractivity contribution is 6.30. The lowest BCUT2D eigenvalue weighted by molar-refractivity contribution is -0.385. The molecule has 1 aliphatic rings. The van der Waals surface area contributed by atoms with E-state index in [1.165, 1.54) is 11.3 Å². The molecule has 0 aliphatic carbocycles. The number of carbonyl (C=O) groups excluding carboxylic acids is 1. The highest BCUT2D eigenvalue weighted by atomic mass is 35.5. The quantitative estimate of drug-likeness (QED) is 0.458. The Labute approximate surface area is 174 Å². The monoisotopic (exact) mass is 426 g/mol. The first kappa shape index (κ1) is 19.6. The Morgan fingerprint density at radius 1 is 1.23 bits per heavy atom. The number of benzene rings is 1. The number of hydrogen-bond acceptors (Lipinski definition) is 6. The fourth-order valence-electron chi connectivity index (χ4n) is 3.23. The van der Waals surface area contributed by atoms with Crippen molar-refractivity contribution in [1.29, 1.82) is 0 Å². The van der Waals surface area contributed by atoms with Gasteiger partial charge in [-0.1, -0.05) is 23.7 Å². The van der Waals surface area contributed by atoms with Gasteiger partial charge in [0.05, 0.1) is 23.1 Å². The van der Waals surface area contributed by atoms with Gasteiger partial charge < -0.3 is 4.42 Å². The summed E-state index contributed by atoms with van der Waals surface area (Å²) in [7, 11) is 0. The third-order valence-corrected chi connectivity index (χ3v) is 4.95. The Bertz CT molecular complexity index is 1180. The first-order chi connectivity index (χ1) is 14.4. The van der Waals surface area contributed by atoms with E-state index < -0.39 is 29.0 Å². The number of rotatable bonds is 5. The van der Waals surface area contributed by atoms with Crippen molar-refractivity contribution in [2.45, 2.75) is 19.0 Å². The van der Waals surface area contributed by atoms with Gasteiger partial charge in [0.25, 0.3) is 17.2 Å². The molecule has 0 fully saturated rings. The maximum absolute atomic E-state index is 13.0. The largest absolute Gasteiger partial charge is 0.467 e. The summed E-state index contributed by atoms with van der Waals surface area (Å²) >= 11 is 5.95. The van der Waals surface area contributed by atoms with Gasteiger partial charge in [0, 0.05) is 23.6 Å². The molecule has 1 aromatic carbocycles. The Morgan fingerprint density at radius 3 is 2.67 bits per heavy atom. The molecule has 1 aliphatic heterocycles. The number of hydrogen-bond donors (Lipinski definition) is 0. The van der Waals surface area contributed by atoms with Crippen LogP contribution in [0.2, 0.25) is 5.02 Å². The van der Waals surface area contributed by atoms with E-state index in [0.717, 1.165) is 28.5 Å². The van der Waals surface area contributed by atoms with Gasteiger partial charge in [-0.05, 0) is 29.8 Å². The first-order valence-corrected chi connectivity index (χ1v) is 9.34. The van der Waals surface area contributed by atoms with Crippen LogP contribution in [0, 0.1) is 10.1 Å². The van der Waals surface area contributed by atoms with Crippen LogP contribution in [-0.4, -0.2) is 26.1 Å². The molecule has 0 bridgehead atoms. The van der Waals surface area contributed by atoms with Gasteiger partial charge in [0.15, 0.2) is 0 Å². The third-order valence-electron chi connectivity index (χ3n) is 4.70. The van der Waals surface area contributed by atoms with Crippen molar-refractivity contribution in [3.63, 3.8) is 0 Å². The molecule has 4 rings (SSSR count). The van der Waals surface area contributed by atoms with Crippen LogP contribution in [0.3, 0.4) is 0 Å². The zero-order valence-electron chi connectivity index (χ0n) is 15.5. The minimum Gasteiger partial charge on any atom is -0.467 e. The Hall–Kier alpha value is -3.72. The van der Waals surface area contributed by atoms with E-state index in [1.807, 2.05) is 0 Å². The van der Waals surface area contributed by atoms with Crippen LogP contribution in [0.1, 0.15) is 23.8 Å². The van der Waals surface area contributed by atoms with Gasteiger partial charge in [0.2, 0.25) is 0 Å². The lowest BCUT2D eigenvalue weighted by Crippen LogP contribution is -2.33. The predicted octanol–water partition coefficient (Wildman–Crippen LogP) is 3.38. The molecule has 0 N–H and O–H groups in total. The first-order valence-electron chi connectivity index (χ1n) is 8.96. The molecule has 9 nitrogen and oxygen atoms in total. The van der Waals surface area contributed by atoms with Crippen molar-refractivity contribution >= 4 is 28.9 Å². The van der Waals surface area contributed by atoms with Crippen molar-refractivity contribution in [3.05, 3.63) is 97.8 Å². The zero-order valence-corrected chi connectivity index (χ0v) is 16.2. The lowest BCUT2D eigenvalue weighted by Gasteiger charge is -2.20. The molecule has 1 atom stereocenters. The molecular weight excluding hydrogens is 412 g/mol. The number of aromatic nitrogens is 1. The van der Waals surface area contributed by atoms with Crippen molar-refractivity contribution in [1.82, 2.24) is 9.58 Å². The number of carbonyl (C=O) groups is 1. The van der Waals surface area contributed by atoms with E-state index in [2.05, 4.69) is 5.10 Å². The van der Waals surface area contributed by atoms with Crippen LogP contribution in [0.4, 0.5) is 5.69 Å². The fourth-order valence-corrected chi connectivity index (χ4v) is 3.35. The summed E-state index contributed by atoms with van der Waals surface area (Å²) in [6.45, 7) is -0.394. The molecule has 0 saturated carbocycles. The Morgan fingerprint density at radius 2 is 2.00 bits per heavy atom. The molecule has 3 aromatic rings. The summed E-state index contributed by atoms with van der Waals surface area (Å²) in [5, 5.41) is 17.3. The van der Waals surface area contributed by atoms with Gasteiger partial charge in [-0.3, -0.25) is 24.3 Å². The Kier molecular flexibility index (Phi) is 5.20. The highest BCUT2D eigenvalue weighted by Gasteiger charge is 2.35. The number of nitrogens with zero attached hydrogens (tertiary/aromatic N) is 4. The molecule has 0 radical (unpaired) electrons. The maximum Gasteiger partial charge on any atom is 0.285 e. The van der Waals surface area contributed by atoms with Gasteiger partial charge in [-0.15, -0.1) is 0 Å². The second-order valence-corrected chi connectivity index (χ2v) is 7.07. The SMILES string of the molecule is O=C(Cn1cc([N+](=O)[O-])ccc1=O)N1N=C(c2ccc(Cl)cc2)C[C@@H]1c1ccco1. The van der Waals surface area contributed by atoms with E-state index in [0.29, 0.717) is 22.9 Å². The molecule has 0 saturated heterocycles. The maximum atomic E-state index is 13.0. The number of furan rings is 1. The fraction of sp³-hybridized carbons (Fsp3) is 0.150. The lowest BCUT2D eigenvalue weighted by atomic mass is 10.0. The third kappa shape index (κ3) is 3.87. The van der Waals surface area contributed by atoms with Crippen molar-refractivity contribution in [2.24, 2.45) is 5.10 Å². The average Bonchev–Trinajstić information content (AvgIpc) is 3.39. The number of amides is 1. The van der Waals surface area contributed by atoms with E-state index in [1.54, 1.807) is 36.4 Å². The van der Waals surface area contributed by atoms with Crippen LogP contribution >= 0.6 is 11.6 Å². The second-order valence-electron chi connectivity index (χ2n) is 6.64. The normalized spacial score (nSPS) is 15.8. The minimum absolute atomic E-state index is 0.281. The minimum atomic E-state index is -0.626. The van der Waals surface area contributed by atoms with E-state index in [4.69, 9.17) is 16.0 Å². The molecule has 10 heteroatoms. The van der Waals surface area contributed by atoms with E-state index >= 15 is 0 Å². The van der Waals surface area contributed by atoms with Crippen molar-refractivity contribution < 1.29 is 14.1 Å². The molecule has 0 unspecified atom stereocenters. The number of pyridine rings is 1. The molecule has 3 heterocycles. The highest BCUT2D eigenvalue weighted by Crippen LogP contribution is 2.33. The standard InChI is InChI=1S/C20H15ClN4O5/c21-14-5-3-13(4-6-14)16-10-17(18-2-1-9-30-18)24(22-16)20(27)12-23-11-15(25(28)29)7-8-19(23)26/h1-9,11,17H,10,12H2/t17-/m1/s1. The molecule has 152 valence electrons. The number of nitro groups is 1. The molecule has 1 amide bonds. The molecular formula is C20H15ClN4O5. The van der Waals surface area contributed by atoms with Crippen LogP contribution in [-0.2, 0) is 11.3 Å².